The number of hydrogen-bond donors (Lipinski definition) is 2. The summed E-state index contributed by atoms with van der Waals surface area (Å²) in [4.78, 5) is 7.45. The van der Waals surface area contributed by atoms with Gasteiger partial charge < -0.3 is 10.6 Å². The Morgan fingerprint density at radius 1 is 1.10 bits per heavy atom. The largest absolute Gasteiger partial charge is 0.433 e. The summed E-state index contributed by atoms with van der Waals surface area (Å²) in [5.74, 6) is 0.0373. The molecule has 0 saturated heterocycles. The van der Waals surface area contributed by atoms with Crippen molar-refractivity contribution in [2.24, 2.45) is 0 Å². The minimum Gasteiger partial charge on any atom is -0.354 e. The summed E-state index contributed by atoms with van der Waals surface area (Å²) in [6, 6.07) is 9.73. The second-order valence-corrected chi connectivity index (χ2v) is 3.98. The lowest BCUT2D eigenvalue weighted by Gasteiger charge is -2.12. The number of nitrogens with zero attached hydrogens (tertiary/aromatic N) is 2. The van der Waals surface area contributed by atoms with E-state index in [0.29, 0.717) is 12.2 Å². The molecule has 0 fully saturated rings. The second kappa shape index (κ2) is 5.77. The molecule has 0 aliphatic heterocycles. The maximum absolute atomic E-state index is 12.8. The van der Waals surface area contributed by atoms with Gasteiger partial charge >= 0.3 is 6.18 Å². The van der Waals surface area contributed by atoms with Crippen LogP contribution in [0.15, 0.2) is 36.4 Å². The molecule has 20 heavy (non-hydrogen) atoms. The number of benzene rings is 1. The molecule has 106 valence electrons. The number of para-hydroxylation sites is 1. The van der Waals surface area contributed by atoms with Gasteiger partial charge in [-0.2, -0.15) is 18.2 Å². The van der Waals surface area contributed by atoms with Gasteiger partial charge in [-0.1, -0.05) is 18.2 Å². The van der Waals surface area contributed by atoms with Crippen molar-refractivity contribution in [1.29, 1.82) is 0 Å². The number of aromatic nitrogens is 2. The fourth-order valence-corrected chi connectivity index (χ4v) is 1.56. The molecule has 4 nitrogen and oxygen atoms in total. The highest BCUT2D eigenvalue weighted by molar-refractivity contribution is 5.57. The maximum atomic E-state index is 12.8. The summed E-state index contributed by atoms with van der Waals surface area (Å²) in [6.07, 6.45) is -4.51. The monoisotopic (exact) mass is 282 g/mol. The van der Waals surface area contributed by atoms with Crippen LogP contribution in [-0.2, 0) is 6.18 Å². The first-order chi connectivity index (χ1) is 9.49. The Labute approximate surface area is 114 Å². The third kappa shape index (κ3) is 3.59. The van der Waals surface area contributed by atoms with Crippen molar-refractivity contribution in [3.8, 4) is 0 Å². The molecule has 0 aliphatic carbocycles. The zero-order valence-corrected chi connectivity index (χ0v) is 10.7. The highest BCUT2D eigenvalue weighted by Gasteiger charge is 2.33. The number of anilines is 3. The van der Waals surface area contributed by atoms with E-state index in [-0.39, 0.29) is 11.8 Å². The van der Waals surface area contributed by atoms with E-state index in [4.69, 9.17) is 0 Å². The van der Waals surface area contributed by atoms with Crippen LogP contribution in [0, 0.1) is 0 Å². The molecule has 0 spiro atoms. The molecule has 1 heterocycles. The number of halogens is 3. The predicted octanol–water partition coefficient (Wildman–Crippen LogP) is 3.67. The molecule has 2 rings (SSSR count). The predicted molar refractivity (Wildman–Crippen MR) is 70.9 cm³/mol. The van der Waals surface area contributed by atoms with Gasteiger partial charge in [-0.3, -0.25) is 0 Å². The van der Waals surface area contributed by atoms with Crippen molar-refractivity contribution in [3.05, 3.63) is 42.1 Å². The van der Waals surface area contributed by atoms with Gasteiger partial charge in [0.15, 0.2) is 5.69 Å². The third-order valence-corrected chi connectivity index (χ3v) is 2.40. The minimum atomic E-state index is -4.51. The number of hydrogen-bond acceptors (Lipinski definition) is 4. The highest BCUT2D eigenvalue weighted by atomic mass is 19.4. The van der Waals surface area contributed by atoms with Crippen LogP contribution in [0.1, 0.15) is 12.6 Å². The molecular formula is C13H13F3N4. The van der Waals surface area contributed by atoms with E-state index >= 15 is 0 Å². The lowest BCUT2D eigenvalue weighted by Crippen LogP contribution is -2.13. The molecule has 0 atom stereocenters. The average Bonchev–Trinajstić information content (AvgIpc) is 2.39. The van der Waals surface area contributed by atoms with Crippen LogP contribution in [0.5, 0.6) is 0 Å². The molecule has 2 aromatic rings. The highest BCUT2D eigenvalue weighted by Crippen LogP contribution is 2.30. The smallest absolute Gasteiger partial charge is 0.354 e. The van der Waals surface area contributed by atoms with Crippen molar-refractivity contribution in [1.82, 2.24) is 9.97 Å². The van der Waals surface area contributed by atoms with Gasteiger partial charge in [-0.25, -0.2) is 4.98 Å². The van der Waals surface area contributed by atoms with Crippen LogP contribution in [0.3, 0.4) is 0 Å². The molecule has 0 amide bonds. The van der Waals surface area contributed by atoms with Crippen molar-refractivity contribution in [2.45, 2.75) is 13.1 Å². The maximum Gasteiger partial charge on any atom is 0.433 e. The second-order valence-electron chi connectivity index (χ2n) is 3.98. The fourth-order valence-electron chi connectivity index (χ4n) is 1.56. The van der Waals surface area contributed by atoms with Gasteiger partial charge in [0.25, 0.3) is 0 Å². The molecule has 0 radical (unpaired) electrons. The van der Waals surface area contributed by atoms with Crippen LogP contribution in [0.25, 0.3) is 0 Å². The number of rotatable bonds is 4. The molecule has 0 unspecified atom stereocenters. The summed E-state index contributed by atoms with van der Waals surface area (Å²) >= 11 is 0. The van der Waals surface area contributed by atoms with E-state index in [1.165, 1.54) is 0 Å². The summed E-state index contributed by atoms with van der Waals surface area (Å²) in [5.41, 5.74) is -0.330. The van der Waals surface area contributed by atoms with Crippen molar-refractivity contribution in [3.63, 3.8) is 0 Å². The van der Waals surface area contributed by atoms with Crippen LogP contribution in [-0.4, -0.2) is 16.5 Å². The topological polar surface area (TPSA) is 49.8 Å². The zero-order chi connectivity index (χ0) is 14.6. The van der Waals surface area contributed by atoms with E-state index in [9.17, 15) is 13.2 Å². The van der Waals surface area contributed by atoms with Crippen LogP contribution >= 0.6 is 0 Å². The Hall–Kier alpha value is -2.31. The molecule has 0 bridgehead atoms. The van der Waals surface area contributed by atoms with E-state index in [1.54, 1.807) is 31.2 Å². The van der Waals surface area contributed by atoms with Gasteiger partial charge in [0.1, 0.15) is 5.82 Å². The first-order valence-corrected chi connectivity index (χ1v) is 6.01. The fraction of sp³-hybridized carbons (Fsp3) is 0.231. The minimum absolute atomic E-state index is 0.0549. The molecule has 0 aliphatic rings. The van der Waals surface area contributed by atoms with Crippen LogP contribution in [0.2, 0.25) is 0 Å². The van der Waals surface area contributed by atoms with E-state index in [2.05, 4.69) is 20.6 Å². The Morgan fingerprint density at radius 2 is 1.80 bits per heavy atom. The first kappa shape index (κ1) is 14.1. The van der Waals surface area contributed by atoms with Crippen molar-refractivity contribution >= 4 is 17.5 Å². The average molecular weight is 282 g/mol. The molecule has 0 saturated carbocycles. The Balaban J connectivity index is 2.34. The van der Waals surface area contributed by atoms with E-state index in [1.807, 2.05) is 6.07 Å². The van der Waals surface area contributed by atoms with Crippen molar-refractivity contribution < 1.29 is 13.2 Å². The third-order valence-electron chi connectivity index (χ3n) is 2.40. The zero-order valence-electron chi connectivity index (χ0n) is 10.7. The standard InChI is InChI=1S/C13H13F3N4/c1-2-17-12-19-10(13(14,15)16)8-11(20-12)18-9-6-4-3-5-7-9/h3-8H,2H2,1H3,(H2,17,18,19,20). The van der Waals surface area contributed by atoms with E-state index in [0.717, 1.165) is 6.07 Å². The molecule has 2 N–H and O–H groups in total. The van der Waals surface area contributed by atoms with Gasteiger partial charge in [-0.15, -0.1) is 0 Å². The van der Waals surface area contributed by atoms with Crippen LogP contribution in [0.4, 0.5) is 30.6 Å². The van der Waals surface area contributed by atoms with Gasteiger partial charge in [0.05, 0.1) is 0 Å². The summed E-state index contributed by atoms with van der Waals surface area (Å²) in [6.45, 7) is 2.19. The SMILES string of the molecule is CCNc1nc(Nc2ccccc2)cc(C(F)(F)F)n1. The first-order valence-electron chi connectivity index (χ1n) is 6.01. The van der Waals surface area contributed by atoms with Gasteiger partial charge in [-0.05, 0) is 19.1 Å². The quantitative estimate of drug-likeness (QED) is 0.898. The molecule has 1 aromatic carbocycles. The normalized spacial score (nSPS) is 11.2. The van der Waals surface area contributed by atoms with Crippen molar-refractivity contribution in [2.75, 3.05) is 17.2 Å². The van der Waals surface area contributed by atoms with Gasteiger partial charge in [0, 0.05) is 18.3 Å². The van der Waals surface area contributed by atoms with Crippen LogP contribution < -0.4 is 10.6 Å². The lowest BCUT2D eigenvalue weighted by atomic mass is 10.3. The van der Waals surface area contributed by atoms with Gasteiger partial charge in [0.2, 0.25) is 5.95 Å². The summed E-state index contributed by atoms with van der Waals surface area (Å²) in [5, 5.41) is 5.51. The molecule has 7 heteroatoms. The number of nitrogens with one attached hydrogen (secondary N) is 2. The number of alkyl halides is 3. The Bertz CT molecular complexity index is 570. The summed E-state index contributed by atoms with van der Waals surface area (Å²) < 4.78 is 38.3. The van der Waals surface area contributed by atoms with E-state index < -0.39 is 11.9 Å². The lowest BCUT2D eigenvalue weighted by molar-refractivity contribution is -0.141. The molecular weight excluding hydrogens is 269 g/mol. The Morgan fingerprint density at radius 3 is 2.40 bits per heavy atom. The summed E-state index contributed by atoms with van der Waals surface area (Å²) in [7, 11) is 0. The molecule has 1 aromatic heterocycles. The Kier molecular flexibility index (Phi) is 4.07.